The zero-order chi connectivity index (χ0) is 9.26. The fourth-order valence-corrected chi connectivity index (χ4v) is 1.74. The SMILES string of the molecule is Ic1ncn(Cc2ncon2)c1I. The Morgan fingerprint density at radius 3 is 2.77 bits per heavy atom. The molecule has 7 heteroatoms. The first-order chi connectivity index (χ1) is 6.27. The van der Waals surface area contributed by atoms with Crippen molar-refractivity contribution in [1.29, 1.82) is 0 Å². The smallest absolute Gasteiger partial charge is 0.213 e. The summed E-state index contributed by atoms with van der Waals surface area (Å²) in [6, 6.07) is 0. The highest BCUT2D eigenvalue weighted by molar-refractivity contribution is 14.1. The zero-order valence-electron chi connectivity index (χ0n) is 6.31. The molecule has 0 atom stereocenters. The molecule has 0 radical (unpaired) electrons. The molecule has 2 rings (SSSR count). The molecule has 0 unspecified atom stereocenters. The molecule has 13 heavy (non-hydrogen) atoms. The molecule has 0 aliphatic heterocycles. The predicted octanol–water partition coefficient (Wildman–Crippen LogP) is 1.52. The second-order valence-corrected chi connectivity index (χ2v) is 4.35. The second kappa shape index (κ2) is 3.90. The molecule has 0 saturated carbocycles. The van der Waals surface area contributed by atoms with Crippen molar-refractivity contribution in [2.75, 3.05) is 0 Å². The van der Waals surface area contributed by atoms with Gasteiger partial charge in [0.1, 0.15) is 7.40 Å². The van der Waals surface area contributed by atoms with Crippen molar-refractivity contribution in [3.05, 3.63) is 25.9 Å². The lowest BCUT2D eigenvalue weighted by Gasteiger charge is -1.97. The number of hydrogen-bond donors (Lipinski definition) is 0. The van der Waals surface area contributed by atoms with Crippen LogP contribution in [0.5, 0.6) is 0 Å². The first kappa shape index (κ1) is 9.37. The maximum Gasteiger partial charge on any atom is 0.213 e. The summed E-state index contributed by atoms with van der Waals surface area (Å²) in [5.41, 5.74) is 0. The fourth-order valence-electron chi connectivity index (χ4n) is 0.868. The molecule has 0 bridgehead atoms. The highest BCUT2D eigenvalue weighted by Gasteiger charge is 2.07. The minimum atomic E-state index is 0.602. The van der Waals surface area contributed by atoms with E-state index in [4.69, 9.17) is 0 Å². The number of nitrogens with zero attached hydrogens (tertiary/aromatic N) is 4. The monoisotopic (exact) mass is 402 g/mol. The molecule has 68 valence electrons. The van der Waals surface area contributed by atoms with Crippen LogP contribution in [0.25, 0.3) is 0 Å². The Bertz CT molecular complexity index is 397. The predicted molar refractivity (Wildman–Crippen MR) is 61.1 cm³/mol. The minimum Gasteiger partial charge on any atom is -0.343 e. The Morgan fingerprint density at radius 1 is 1.38 bits per heavy atom. The standard InChI is InChI=1S/C6H4I2N4O/c7-5-6(8)12(2-9-5)1-4-10-3-13-11-4/h2-3H,1H2. The lowest BCUT2D eigenvalue weighted by atomic mass is 10.6. The number of hydrogen-bond acceptors (Lipinski definition) is 4. The highest BCUT2D eigenvalue weighted by Crippen LogP contribution is 2.13. The normalized spacial score (nSPS) is 10.6. The summed E-state index contributed by atoms with van der Waals surface area (Å²) in [7, 11) is 0. The van der Waals surface area contributed by atoms with Crippen LogP contribution in [0.15, 0.2) is 17.2 Å². The van der Waals surface area contributed by atoms with E-state index in [2.05, 4.69) is 64.8 Å². The maximum absolute atomic E-state index is 4.63. The van der Waals surface area contributed by atoms with Crippen molar-refractivity contribution >= 4 is 45.2 Å². The van der Waals surface area contributed by atoms with Gasteiger partial charge in [0.05, 0.1) is 12.9 Å². The van der Waals surface area contributed by atoms with E-state index in [1.54, 1.807) is 6.33 Å². The van der Waals surface area contributed by atoms with E-state index in [-0.39, 0.29) is 0 Å². The van der Waals surface area contributed by atoms with Gasteiger partial charge in [-0.2, -0.15) is 4.98 Å². The molecule has 0 spiro atoms. The van der Waals surface area contributed by atoms with E-state index in [0.29, 0.717) is 12.4 Å². The van der Waals surface area contributed by atoms with Crippen LogP contribution in [0.3, 0.4) is 0 Å². The fraction of sp³-hybridized carbons (Fsp3) is 0.167. The van der Waals surface area contributed by atoms with Gasteiger partial charge in [-0.15, -0.1) is 0 Å². The first-order valence-electron chi connectivity index (χ1n) is 3.39. The van der Waals surface area contributed by atoms with Crippen molar-refractivity contribution < 1.29 is 4.52 Å². The molecule has 0 fully saturated rings. The topological polar surface area (TPSA) is 56.7 Å². The van der Waals surface area contributed by atoms with Crippen LogP contribution >= 0.6 is 45.2 Å². The van der Waals surface area contributed by atoms with E-state index in [9.17, 15) is 0 Å². The molecule has 0 amide bonds. The summed E-state index contributed by atoms with van der Waals surface area (Å²) in [4.78, 5) is 8.08. The summed E-state index contributed by atoms with van der Waals surface area (Å²) in [5.74, 6) is 0.659. The minimum absolute atomic E-state index is 0.602. The molecule has 0 aliphatic rings. The summed E-state index contributed by atoms with van der Waals surface area (Å²) < 4.78 is 8.67. The Labute approximate surface area is 101 Å². The molecular formula is C6H4I2N4O. The summed E-state index contributed by atoms with van der Waals surface area (Å²) in [6.45, 7) is 0.602. The van der Waals surface area contributed by atoms with E-state index in [1.165, 1.54) is 6.39 Å². The average molecular weight is 402 g/mol. The van der Waals surface area contributed by atoms with Crippen molar-refractivity contribution in [2.24, 2.45) is 0 Å². The Hall–Kier alpha value is -0.190. The Kier molecular flexibility index (Phi) is 2.81. The van der Waals surface area contributed by atoms with Gasteiger partial charge < -0.3 is 9.09 Å². The lowest BCUT2D eigenvalue weighted by molar-refractivity contribution is 0.408. The Balaban J connectivity index is 2.24. The van der Waals surface area contributed by atoms with E-state index >= 15 is 0 Å². The van der Waals surface area contributed by atoms with E-state index < -0.39 is 0 Å². The van der Waals surface area contributed by atoms with Gasteiger partial charge in [0.25, 0.3) is 0 Å². The Morgan fingerprint density at radius 2 is 2.23 bits per heavy atom. The third-order valence-electron chi connectivity index (χ3n) is 1.45. The number of imidazole rings is 1. The van der Waals surface area contributed by atoms with Crippen LogP contribution in [0.4, 0.5) is 0 Å². The molecule has 0 saturated heterocycles. The van der Waals surface area contributed by atoms with Crippen LogP contribution in [0, 0.1) is 7.40 Å². The summed E-state index contributed by atoms with van der Waals surface area (Å²) >= 11 is 4.41. The first-order valence-corrected chi connectivity index (χ1v) is 5.54. The van der Waals surface area contributed by atoms with Gasteiger partial charge >= 0.3 is 0 Å². The summed E-state index contributed by atoms with van der Waals surface area (Å²) in [6.07, 6.45) is 3.09. The van der Waals surface area contributed by atoms with Crippen molar-refractivity contribution in [2.45, 2.75) is 6.54 Å². The molecular weight excluding hydrogens is 398 g/mol. The molecule has 0 aliphatic carbocycles. The van der Waals surface area contributed by atoms with Gasteiger partial charge in [-0.25, -0.2) is 4.98 Å². The van der Waals surface area contributed by atoms with Gasteiger partial charge in [0, 0.05) is 0 Å². The van der Waals surface area contributed by atoms with Gasteiger partial charge in [-0.1, -0.05) is 5.16 Å². The van der Waals surface area contributed by atoms with Gasteiger partial charge in [-0.05, 0) is 45.2 Å². The molecule has 0 aromatic carbocycles. The lowest BCUT2D eigenvalue weighted by Crippen LogP contribution is -2.02. The van der Waals surface area contributed by atoms with Crippen LogP contribution < -0.4 is 0 Å². The largest absolute Gasteiger partial charge is 0.343 e. The molecule has 2 aromatic heterocycles. The quantitative estimate of drug-likeness (QED) is 0.716. The van der Waals surface area contributed by atoms with Gasteiger partial charge in [-0.3, -0.25) is 0 Å². The molecule has 5 nitrogen and oxygen atoms in total. The van der Waals surface area contributed by atoms with E-state index in [1.807, 2.05) is 4.57 Å². The third-order valence-corrected chi connectivity index (χ3v) is 4.40. The number of rotatable bonds is 2. The average Bonchev–Trinajstić information content (AvgIpc) is 2.71. The van der Waals surface area contributed by atoms with Crippen LogP contribution in [0.2, 0.25) is 0 Å². The number of aromatic nitrogens is 4. The highest BCUT2D eigenvalue weighted by atomic mass is 127. The van der Waals surface area contributed by atoms with Crippen LogP contribution in [-0.2, 0) is 6.54 Å². The molecule has 0 N–H and O–H groups in total. The zero-order valence-corrected chi connectivity index (χ0v) is 10.6. The van der Waals surface area contributed by atoms with Gasteiger partial charge in [0.15, 0.2) is 5.82 Å². The number of halogens is 2. The van der Waals surface area contributed by atoms with Crippen LogP contribution in [0.1, 0.15) is 5.82 Å². The van der Waals surface area contributed by atoms with Gasteiger partial charge in [0.2, 0.25) is 6.39 Å². The maximum atomic E-state index is 4.63. The van der Waals surface area contributed by atoms with Crippen LogP contribution in [-0.4, -0.2) is 19.7 Å². The third kappa shape index (κ3) is 2.00. The van der Waals surface area contributed by atoms with Crippen molar-refractivity contribution in [3.63, 3.8) is 0 Å². The molecule has 2 heterocycles. The van der Waals surface area contributed by atoms with E-state index in [0.717, 1.165) is 7.40 Å². The second-order valence-electron chi connectivity index (χ2n) is 2.30. The van der Waals surface area contributed by atoms with Crippen molar-refractivity contribution in [1.82, 2.24) is 19.7 Å². The molecule has 2 aromatic rings. The van der Waals surface area contributed by atoms with Crippen molar-refractivity contribution in [3.8, 4) is 0 Å². The summed E-state index contributed by atoms with van der Waals surface area (Å²) in [5, 5.41) is 3.72.